The molecule has 118 valence electrons. The van der Waals surface area contributed by atoms with E-state index in [9.17, 15) is 0 Å². The van der Waals surface area contributed by atoms with E-state index in [1.807, 2.05) is 0 Å². The number of benzene rings is 1. The predicted molar refractivity (Wildman–Crippen MR) is 92.9 cm³/mol. The van der Waals surface area contributed by atoms with Gasteiger partial charge in [-0.15, -0.1) is 0 Å². The van der Waals surface area contributed by atoms with E-state index in [0.717, 1.165) is 5.92 Å². The molecule has 0 spiro atoms. The van der Waals surface area contributed by atoms with Gasteiger partial charge < -0.3 is 5.32 Å². The fourth-order valence-corrected chi connectivity index (χ4v) is 4.08. The normalized spacial score (nSPS) is 20.5. The van der Waals surface area contributed by atoms with E-state index >= 15 is 0 Å². The number of hydrogen-bond donors (Lipinski definition) is 1. The zero-order chi connectivity index (χ0) is 15.6. The van der Waals surface area contributed by atoms with Crippen LogP contribution in [0.3, 0.4) is 0 Å². The highest BCUT2D eigenvalue weighted by molar-refractivity contribution is 5.38. The van der Waals surface area contributed by atoms with E-state index in [2.05, 4.69) is 59.1 Å². The molecule has 0 aromatic heterocycles. The van der Waals surface area contributed by atoms with Gasteiger partial charge in [-0.1, -0.05) is 31.5 Å². The van der Waals surface area contributed by atoms with Gasteiger partial charge in [0, 0.05) is 6.04 Å². The van der Waals surface area contributed by atoms with Gasteiger partial charge in [-0.2, -0.15) is 0 Å². The summed E-state index contributed by atoms with van der Waals surface area (Å²) >= 11 is 0. The van der Waals surface area contributed by atoms with Gasteiger partial charge in [-0.25, -0.2) is 0 Å². The zero-order valence-corrected chi connectivity index (χ0v) is 14.8. The highest BCUT2D eigenvalue weighted by atomic mass is 14.9. The number of nitrogens with one attached hydrogen (secondary N) is 1. The first kappa shape index (κ1) is 16.5. The lowest BCUT2D eigenvalue weighted by Crippen LogP contribution is -2.39. The monoisotopic (exact) mass is 287 g/mol. The molecule has 2 rings (SSSR count). The maximum absolute atomic E-state index is 3.62. The molecule has 1 aliphatic carbocycles. The molecule has 1 aromatic carbocycles. The summed E-state index contributed by atoms with van der Waals surface area (Å²) in [4.78, 5) is 0. The van der Waals surface area contributed by atoms with Crippen molar-refractivity contribution in [1.29, 1.82) is 0 Å². The van der Waals surface area contributed by atoms with Crippen LogP contribution in [0.4, 0.5) is 0 Å². The summed E-state index contributed by atoms with van der Waals surface area (Å²) in [6, 6.07) is 5.29. The molecule has 1 nitrogen and oxygen atoms in total. The Morgan fingerprint density at radius 3 is 2.10 bits per heavy atom. The van der Waals surface area contributed by atoms with Crippen molar-refractivity contribution in [3.05, 3.63) is 34.4 Å². The van der Waals surface area contributed by atoms with Crippen molar-refractivity contribution in [2.45, 2.75) is 72.8 Å². The van der Waals surface area contributed by atoms with Crippen molar-refractivity contribution in [2.24, 2.45) is 11.3 Å². The van der Waals surface area contributed by atoms with Crippen LogP contribution in [0.2, 0.25) is 0 Å². The summed E-state index contributed by atoms with van der Waals surface area (Å²) in [5.41, 5.74) is 6.43. The van der Waals surface area contributed by atoms with Gasteiger partial charge in [0.05, 0.1) is 0 Å². The molecule has 1 aromatic rings. The van der Waals surface area contributed by atoms with Crippen molar-refractivity contribution in [3.8, 4) is 0 Å². The Balaban J connectivity index is 2.10. The molecule has 0 saturated heterocycles. The van der Waals surface area contributed by atoms with Crippen molar-refractivity contribution < 1.29 is 0 Å². The fraction of sp³-hybridized carbons (Fsp3) is 0.700. The van der Waals surface area contributed by atoms with E-state index in [4.69, 9.17) is 0 Å². The molecule has 1 unspecified atom stereocenters. The largest absolute Gasteiger partial charge is 0.316 e. The number of likely N-dealkylation sites (N-methyl/N-ethyl adjacent to an activating group) is 1. The summed E-state index contributed by atoms with van der Waals surface area (Å²) in [7, 11) is 2.14. The Hall–Kier alpha value is -0.820. The van der Waals surface area contributed by atoms with Crippen LogP contribution in [0.5, 0.6) is 0 Å². The quantitative estimate of drug-likeness (QED) is 0.825. The van der Waals surface area contributed by atoms with Crippen LogP contribution in [-0.2, 0) is 6.42 Å². The zero-order valence-electron chi connectivity index (χ0n) is 14.8. The van der Waals surface area contributed by atoms with Crippen LogP contribution in [-0.4, -0.2) is 13.1 Å². The Morgan fingerprint density at radius 2 is 1.62 bits per heavy atom. The minimum Gasteiger partial charge on any atom is -0.316 e. The molecule has 0 heterocycles. The van der Waals surface area contributed by atoms with Crippen molar-refractivity contribution in [1.82, 2.24) is 5.32 Å². The van der Waals surface area contributed by atoms with Gasteiger partial charge in [-0.05, 0) is 87.9 Å². The van der Waals surface area contributed by atoms with Crippen molar-refractivity contribution in [2.75, 3.05) is 7.05 Å². The molecule has 21 heavy (non-hydrogen) atoms. The fourth-order valence-electron chi connectivity index (χ4n) is 4.08. The first-order valence-electron chi connectivity index (χ1n) is 8.56. The Kier molecular flexibility index (Phi) is 5.14. The van der Waals surface area contributed by atoms with Gasteiger partial charge in [0.2, 0.25) is 0 Å². The summed E-state index contributed by atoms with van der Waals surface area (Å²) in [5.74, 6) is 0.836. The second-order valence-corrected chi connectivity index (χ2v) is 7.98. The highest BCUT2D eigenvalue weighted by Gasteiger charge is 2.31. The third-order valence-corrected chi connectivity index (χ3v) is 5.59. The first-order chi connectivity index (χ1) is 9.82. The molecule has 0 amide bonds. The lowest BCUT2D eigenvalue weighted by atomic mass is 9.70. The Labute approximate surface area is 131 Å². The molecule has 1 N–H and O–H groups in total. The van der Waals surface area contributed by atoms with Crippen molar-refractivity contribution in [3.63, 3.8) is 0 Å². The second-order valence-electron chi connectivity index (χ2n) is 7.98. The van der Waals surface area contributed by atoms with E-state index in [0.29, 0.717) is 11.5 Å². The first-order valence-corrected chi connectivity index (χ1v) is 8.56. The SMILES string of the molecule is CNC(Cc1c(C)cc(C)cc1C)C1CCC(C)(C)CC1. The molecule has 0 bridgehead atoms. The lowest BCUT2D eigenvalue weighted by Gasteiger charge is -2.38. The maximum Gasteiger partial charge on any atom is 0.0133 e. The van der Waals surface area contributed by atoms with Crippen LogP contribution in [0.1, 0.15) is 61.8 Å². The number of rotatable bonds is 4. The average Bonchev–Trinajstić information content (AvgIpc) is 2.39. The average molecular weight is 287 g/mol. The van der Waals surface area contributed by atoms with Crippen LogP contribution < -0.4 is 5.32 Å². The van der Waals surface area contributed by atoms with E-state index in [1.165, 1.54) is 48.8 Å². The molecular weight excluding hydrogens is 254 g/mol. The second kappa shape index (κ2) is 6.52. The van der Waals surface area contributed by atoms with Crippen molar-refractivity contribution >= 4 is 0 Å². The smallest absolute Gasteiger partial charge is 0.0133 e. The Morgan fingerprint density at radius 1 is 1.10 bits per heavy atom. The van der Waals surface area contributed by atoms with E-state index < -0.39 is 0 Å². The highest BCUT2D eigenvalue weighted by Crippen LogP contribution is 2.39. The van der Waals surface area contributed by atoms with E-state index in [1.54, 1.807) is 5.56 Å². The third-order valence-electron chi connectivity index (χ3n) is 5.59. The standard InChI is InChI=1S/C20H33N/c1-14-11-15(2)18(16(3)12-14)13-19(21-6)17-7-9-20(4,5)10-8-17/h11-12,17,19,21H,7-10,13H2,1-6H3. The molecule has 1 saturated carbocycles. The van der Waals surface area contributed by atoms with Gasteiger partial charge in [-0.3, -0.25) is 0 Å². The van der Waals surface area contributed by atoms with Gasteiger partial charge in [0.25, 0.3) is 0 Å². The lowest BCUT2D eigenvalue weighted by molar-refractivity contribution is 0.163. The molecule has 1 heteroatoms. The van der Waals surface area contributed by atoms with Gasteiger partial charge in [0.15, 0.2) is 0 Å². The maximum atomic E-state index is 3.62. The number of hydrogen-bond acceptors (Lipinski definition) is 1. The van der Waals surface area contributed by atoms with Crippen LogP contribution in [0, 0.1) is 32.1 Å². The van der Waals surface area contributed by atoms with Gasteiger partial charge in [0.1, 0.15) is 0 Å². The minimum absolute atomic E-state index is 0.560. The predicted octanol–water partition coefficient (Wildman–Crippen LogP) is 4.96. The summed E-state index contributed by atoms with van der Waals surface area (Å²) in [6.45, 7) is 11.6. The van der Waals surface area contributed by atoms with Crippen LogP contribution in [0.25, 0.3) is 0 Å². The van der Waals surface area contributed by atoms with Crippen LogP contribution in [0.15, 0.2) is 12.1 Å². The minimum atomic E-state index is 0.560. The molecule has 1 aliphatic rings. The molecule has 1 atom stereocenters. The number of aryl methyl sites for hydroxylation is 3. The molecule has 0 aliphatic heterocycles. The summed E-state index contributed by atoms with van der Waals surface area (Å²) in [5, 5.41) is 3.62. The summed E-state index contributed by atoms with van der Waals surface area (Å²) < 4.78 is 0. The molecule has 1 fully saturated rings. The van der Waals surface area contributed by atoms with Gasteiger partial charge >= 0.3 is 0 Å². The summed E-state index contributed by atoms with van der Waals surface area (Å²) in [6.07, 6.45) is 6.69. The molecular formula is C20H33N. The Bertz CT molecular complexity index is 454. The molecule has 0 radical (unpaired) electrons. The third kappa shape index (κ3) is 4.10. The van der Waals surface area contributed by atoms with E-state index in [-0.39, 0.29) is 0 Å². The van der Waals surface area contributed by atoms with Crippen LogP contribution >= 0.6 is 0 Å². The topological polar surface area (TPSA) is 12.0 Å².